The van der Waals surface area contributed by atoms with Crippen LogP contribution in [0.15, 0.2) is 18.2 Å². The Hall–Kier alpha value is -1.76. The Kier molecular flexibility index (Phi) is 5.06. The van der Waals surface area contributed by atoms with Gasteiger partial charge in [-0.25, -0.2) is 4.79 Å². The van der Waals surface area contributed by atoms with Gasteiger partial charge in [0.25, 0.3) is 5.69 Å². The van der Waals surface area contributed by atoms with Gasteiger partial charge in [-0.1, -0.05) is 0 Å². The minimum Gasteiger partial charge on any atom is -0.465 e. The van der Waals surface area contributed by atoms with Crippen LogP contribution in [0, 0.1) is 10.1 Å². The molecule has 7 heteroatoms. The normalized spacial score (nSPS) is 21.0. The second kappa shape index (κ2) is 6.80. The van der Waals surface area contributed by atoms with Crippen LogP contribution in [0.25, 0.3) is 0 Å². The minimum absolute atomic E-state index is 0.0183. The Bertz CT molecular complexity index is 550. The molecule has 114 valence electrons. The number of thioether (sulfide) groups is 1. The second-order valence-electron chi connectivity index (χ2n) is 4.99. The molecule has 0 radical (unpaired) electrons. The Morgan fingerprint density at radius 1 is 1.48 bits per heavy atom. The number of nitro benzene ring substituents is 1. The van der Waals surface area contributed by atoms with Crippen LogP contribution in [0.2, 0.25) is 0 Å². The van der Waals surface area contributed by atoms with Crippen molar-refractivity contribution in [1.82, 2.24) is 0 Å². The standard InChI is InChI=1S/C14H18N2O4S/c1-20-14(17)9-3-6-13(16(18)19)12(7-9)15-10-4-5-11(8-10)21-2/h3,6-7,10-11,15H,4-5,8H2,1-2H3. The fraction of sp³-hybridized carbons (Fsp3) is 0.500. The SMILES string of the molecule is COC(=O)c1ccc([N+](=O)[O-])c(NC2CCC(SC)C2)c1. The zero-order chi connectivity index (χ0) is 15.4. The quantitative estimate of drug-likeness (QED) is 0.511. The number of carbonyl (C=O) groups is 1. The first-order valence-electron chi connectivity index (χ1n) is 6.71. The zero-order valence-corrected chi connectivity index (χ0v) is 12.8. The average Bonchev–Trinajstić information content (AvgIpc) is 2.93. The zero-order valence-electron chi connectivity index (χ0n) is 12.0. The second-order valence-corrected chi connectivity index (χ2v) is 6.13. The topological polar surface area (TPSA) is 81.5 Å². The fourth-order valence-corrected chi connectivity index (χ4v) is 3.36. The molecule has 1 fully saturated rings. The van der Waals surface area contributed by atoms with Crippen molar-refractivity contribution in [2.75, 3.05) is 18.7 Å². The highest BCUT2D eigenvalue weighted by molar-refractivity contribution is 7.99. The predicted molar refractivity (Wildman–Crippen MR) is 83.0 cm³/mol. The van der Waals surface area contributed by atoms with E-state index in [1.807, 2.05) is 11.8 Å². The molecule has 0 saturated heterocycles. The van der Waals surface area contributed by atoms with Gasteiger partial charge in [0, 0.05) is 17.4 Å². The maximum atomic E-state index is 11.6. The van der Waals surface area contributed by atoms with E-state index in [1.54, 1.807) is 0 Å². The van der Waals surface area contributed by atoms with Crippen LogP contribution in [0.1, 0.15) is 29.6 Å². The van der Waals surface area contributed by atoms with E-state index in [1.165, 1.54) is 25.3 Å². The molecule has 2 rings (SSSR count). The first kappa shape index (κ1) is 15.6. The van der Waals surface area contributed by atoms with E-state index in [4.69, 9.17) is 0 Å². The lowest BCUT2D eigenvalue weighted by Crippen LogP contribution is -2.17. The van der Waals surface area contributed by atoms with Crippen molar-refractivity contribution in [3.05, 3.63) is 33.9 Å². The van der Waals surface area contributed by atoms with Gasteiger partial charge < -0.3 is 10.1 Å². The highest BCUT2D eigenvalue weighted by Gasteiger charge is 2.26. The monoisotopic (exact) mass is 310 g/mol. The van der Waals surface area contributed by atoms with Crippen molar-refractivity contribution >= 4 is 29.1 Å². The highest BCUT2D eigenvalue weighted by atomic mass is 32.2. The number of nitrogens with zero attached hydrogens (tertiary/aromatic N) is 1. The number of ether oxygens (including phenoxy) is 1. The van der Waals surface area contributed by atoms with Crippen molar-refractivity contribution in [3.63, 3.8) is 0 Å². The van der Waals surface area contributed by atoms with Gasteiger partial charge in [-0.15, -0.1) is 0 Å². The molecule has 2 unspecified atom stereocenters. The number of methoxy groups -OCH3 is 1. The summed E-state index contributed by atoms with van der Waals surface area (Å²) in [6.45, 7) is 0. The summed E-state index contributed by atoms with van der Waals surface area (Å²) in [6.07, 6.45) is 5.13. The van der Waals surface area contributed by atoms with E-state index in [2.05, 4.69) is 16.3 Å². The van der Waals surface area contributed by atoms with Gasteiger partial charge >= 0.3 is 5.97 Å². The van der Waals surface area contributed by atoms with Crippen molar-refractivity contribution in [2.24, 2.45) is 0 Å². The maximum Gasteiger partial charge on any atom is 0.337 e. The Morgan fingerprint density at radius 2 is 2.24 bits per heavy atom. The van der Waals surface area contributed by atoms with E-state index < -0.39 is 10.9 Å². The summed E-state index contributed by atoms with van der Waals surface area (Å²) >= 11 is 1.82. The van der Waals surface area contributed by atoms with Gasteiger partial charge in [0.15, 0.2) is 0 Å². The molecule has 1 saturated carbocycles. The highest BCUT2D eigenvalue weighted by Crippen LogP contribution is 2.33. The number of benzene rings is 1. The number of anilines is 1. The molecule has 0 aliphatic heterocycles. The summed E-state index contributed by atoms with van der Waals surface area (Å²) in [5.41, 5.74) is 0.676. The first-order chi connectivity index (χ1) is 10.0. The van der Waals surface area contributed by atoms with Crippen LogP contribution in [0.5, 0.6) is 0 Å². The van der Waals surface area contributed by atoms with Crippen molar-refractivity contribution in [2.45, 2.75) is 30.6 Å². The van der Waals surface area contributed by atoms with Crippen LogP contribution in [0.4, 0.5) is 11.4 Å². The summed E-state index contributed by atoms with van der Waals surface area (Å²) in [5, 5.41) is 14.9. The largest absolute Gasteiger partial charge is 0.465 e. The number of hydrogen-bond acceptors (Lipinski definition) is 6. The average molecular weight is 310 g/mol. The third-order valence-electron chi connectivity index (χ3n) is 3.69. The lowest BCUT2D eigenvalue weighted by Gasteiger charge is -2.15. The van der Waals surface area contributed by atoms with Crippen molar-refractivity contribution in [1.29, 1.82) is 0 Å². The number of nitrogens with one attached hydrogen (secondary N) is 1. The third kappa shape index (κ3) is 3.66. The molecule has 1 aliphatic rings. The summed E-state index contributed by atoms with van der Waals surface area (Å²) in [6, 6.07) is 4.45. The molecule has 6 nitrogen and oxygen atoms in total. The Labute approximate surface area is 127 Å². The molecule has 21 heavy (non-hydrogen) atoms. The summed E-state index contributed by atoms with van der Waals surface area (Å²) in [4.78, 5) is 22.2. The number of rotatable bonds is 5. The van der Waals surface area contributed by atoms with Gasteiger partial charge in [0.1, 0.15) is 5.69 Å². The molecule has 1 aromatic carbocycles. The van der Waals surface area contributed by atoms with E-state index in [9.17, 15) is 14.9 Å². The number of hydrogen-bond donors (Lipinski definition) is 1. The molecular weight excluding hydrogens is 292 g/mol. The number of esters is 1. The first-order valence-corrected chi connectivity index (χ1v) is 8.00. The van der Waals surface area contributed by atoms with Gasteiger partial charge in [0.2, 0.25) is 0 Å². The van der Waals surface area contributed by atoms with Crippen molar-refractivity contribution in [3.8, 4) is 0 Å². The van der Waals surface area contributed by atoms with Crippen LogP contribution >= 0.6 is 11.8 Å². The van der Waals surface area contributed by atoms with E-state index in [0.29, 0.717) is 16.5 Å². The van der Waals surface area contributed by atoms with Crippen LogP contribution in [-0.2, 0) is 4.74 Å². The predicted octanol–water partition coefficient (Wildman–Crippen LogP) is 3.08. The van der Waals surface area contributed by atoms with Gasteiger partial charge in [-0.3, -0.25) is 10.1 Å². The number of nitro groups is 1. The molecule has 0 amide bonds. The van der Waals surface area contributed by atoms with Crippen molar-refractivity contribution < 1.29 is 14.5 Å². The van der Waals surface area contributed by atoms with Crippen LogP contribution in [-0.4, -0.2) is 35.5 Å². The smallest absolute Gasteiger partial charge is 0.337 e. The third-order valence-corrected chi connectivity index (χ3v) is 4.79. The van der Waals surface area contributed by atoms with Crippen LogP contribution in [0.3, 0.4) is 0 Å². The Morgan fingerprint density at radius 3 is 2.81 bits per heavy atom. The molecule has 1 aromatic rings. The molecular formula is C14H18N2O4S. The molecule has 0 bridgehead atoms. The van der Waals surface area contributed by atoms with E-state index >= 15 is 0 Å². The van der Waals surface area contributed by atoms with Gasteiger partial charge in [0.05, 0.1) is 17.6 Å². The molecule has 0 aromatic heterocycles. The summed E-state index contributed by atoms with van der Waals surface area (Å²) in [5.74, 6) is -0.499. The molecule has 1 N–H and O–H groups in total. The van der Waals surface area contributed by atoms with E-state index in [0.717, 1.165) is 19.3 Å². The molecule has 2 atom stereocenters. The maximum absolute atomic E-state index is 11.6. The summed E-state index contributed by atoms with van der Waals surface area (Å²) in [7, 11) is 1.29. The van der Waals surface area contributed by atoms with Crippen LogP contribution < -0.4 is 5.32 Å². The van der Waals surface area contributed by atoms with Gasteiger partial charge in [-0.05, 0) is 37.7 Å². The lowest BCUT2D eigenvalue weighted by molar-refractivity contribution is -0.384. The minimum atomic E-state index is -0.499. The number of carbonyl (C=O) groups excluding carboxylic acids is 1. The molecule has 0 heterocycles. The fourth-order valence-electron chi connectivity index (χ4n) is 2.56. The lowest BCUT2D eigenvalue weighted by atomic mass is 10.1. The van der Waals surface area contributed by atoms with Gasteiger partial charge in [-0.2, -0.15) is 11.8 Å². The Balaban J connectivity index is 2.22. The summed E-state index contributed by atoms with van der Waals surface area (Å²) < 4.78 is 4.66. The molecule has 1 aliphatic carbocycles. The van der Waals surface area contributed by atoms with E-state index in [-0.39, 0.29) is 11.7 Å². The molecule has 0 spiro atoms.